The average molecular weight is 437 g/mol. The van der Waals surface area contributed by atoms with Crippen LogP contribution in [0.1, 0.15) is 31.7 Å². The molecule has 0 aliphatic carbocycles. The van der Waals surface area contributed by atoms with E-state index in [-0.39, 0.29) is 12.0 Å². The fourth-order valence-electron chi connectivity index (χ4n) is 3.15. The number of rotatable bonds is 8. The molecule has 0 aromatic heterocycles. The number of amides is 1. The summed E-state index contributed by atoms with van der Waals surface area (Å²) < 4.78 is 11.5. The third-order valence-corrected chi connectivity index (χ3v) is 5.58. The number of nitrogens with one attached hydrogen (secondary N) is 2. The normalized spacial score (nSPS) is 17.6. The van der Waals surface area contributed by atoms with Crippen molar-refractivity contribution in [2.45, 2.75) is 44.9 Å². The summed E-state index contributed by atoms with van der Waals surface area (Å²) in [6, 6.07) is 12.5. The van der Waals surface area contributed by atoms with E-state index < -0.39 is 6.04 Å². The number of carbonyl (C=O) groups excluding carboxylic acids is 1. The van der Waals surface area contributed by atoms with E-state index in [1.165, 1.54) is 6.42 Å². The molecule has 5 nitrogen and oxygen atoms in total. The molecule has 2 atom stereocenters. The lowest BCUT2D eigenvalue weighted by Gasteiger charge is -2.22. The number of ether oxygens (including phenoxy) is 2. The highest BCUT2D eigenvalue weighted by Crippen LogP contribution is 2.29. The molecule has 0 spiro atoms. The van der Waals surface area contributed by atoms with Crippen molar-refractivity contribution in [3.05, 3.63) is 58.1 Å². The number of carbonyl (C=O) groups is 1. The monoisotopic (exact) mass is 436 g/mol. The van der Waals surface area contributed by atoms with Crippen LogP contribution in [0.25, 0.3) is 0 Å². The molecule has 1 aliphatic rings. The maximum Gasteiger partial charge on any atom is 0.246 e. The first-order valence-corrected chi connectivity index (χ1v) is 10.6. The predicted octanol–water partition coefficient (Wildman–Crippen LogP) is 5.52. The maximum atomic E-state index is 12.5. The van der Waals surface area contributed by atoms with Gasteiger partial charge in [-0.25, -0.2) is 0 Å². The summed E-state index contributed by atoms with van der Waals surface area (Å²) in [5.74, 6) is -0.203. The molecular weight excluding hydrogens is 411 g/mol. The molecule has 2 aromatic rings. The van der Waals surface area contributed by atoms with Crippen LogP contribution in [0.5, 0.6) is 0 Å². The van der Waals surface area contributed by atoms with Gasteiger partial charge in [-0.1, -0.05) is 41.4 Å². The summed E-state index contributed by atoms with van der Waals surface area (Å²) in [6.07, 6.45) is 3.60. The van der Waals surface area contributed by atoms with Gasteiger partial charge < -0.3 is 20.1 Å². The first kappa shape index (κ1) is 21.9. The minimum Gasteiger partial charge on any atom is -0.376 e. The van der Waals surface area contributed by atoms with Crippen LogP contribution in [0.15, 0.2) is 42.5 Å². The van der Waals surface area contributed by atoms with Crippen molar-refractivity contribution in [3.8, 4) is 0 Å². The quantitative estimate of drug-likeness (QED) is 0.571. The molecule has 156 valence electrons. The van der Waals surface area contributed by atoms with E-state index in [1.807, 2.05) is 24.3 Å². The number of hydrogen-bond donors (Lipinski definition) is 2. The predicted molar refractivity (Wildman–Crippen MR) is 118 cm³/mol. The summed E-state index contributed by atoms with van der Waals surface area (Å²) in [4.78, 5) is 12.5. The molecule has 7 heteroatoms. The molecule has 1 saturated heterocycles. The van der Waals surface area contributed by atoms with E-state index in [2.05, 4.69) is 10.6 Å². The average Bonchev–Trinajstić information content (AvgIpc) is 2.72. The van der Waals surface area contributed by atoms with Crippen molar-refractivity contribution in [3.63, 3.8) is 0 Å². The molecule has 2 unspecified atom stereocenters. The molecule has 29 heavy (non-hydrogen) atoms. The minimum absolute atomic E-state index is 0.201. The highest BCUT2D eigenvalue weighted by atomic mass is 35.5. The summed E-state index contributed by atoms with van der Waals surface area (Å²) in [6.45, 7) is 3.73. The molecule has 0 bridgehead atoms. The SMILES string of the molecule is CC(Nc1cccc(COCC2CCCCO2)c1)C(=O)Nc1cccc(Cl)c1Cl. The molecule has 0 saturated carbocycles. The van der Waals surface area contributed by atoms with Gasteiger partial charge in [0.15, 0.2) is 0 Å². The number of halogens is 2. The lowest BCUT2D eigenvalue weighted by Crippen LogP contribution is -2.32. The second-order valence-corrected chi connectivity index (χ2v) is 7.95. The number of hydrogen-bond acceptors (Lipinski definition) is 4. The van der Waals surface area contributed by atoms with Gasteiger partial charge in [-0.3, -0.25) is 4.79 Å². The first-order valence-electron chi connectivity index (χ1n) is 9.82. The molecule has 1 amide bonds. The lowest BCUT2D eigenvalue weighted by molar-refractivity contribution is -0.116. The third kappa shape index (κ3) is 6.61. The van der Waals surface area contributed by atoms with Gasteiger partial charge >= 0.3 is 0 Å². The van der Waals surface area contributed by atoms with Crippen molar-refractivity contribution >= 4 is 40.5 Å². The summed E-state index contributed by atoms with van der Waals surface area (Å²) in [7, 11) is 0. The Bertz CT molecular complexity index is 825. The summed E-state index contributed by atoms with van der Waals surface area (Å²) in [5.41, 5.74) is 2.38. The first-order chi connectivity index (χ1) is 14.0. The van der Waals surface area contributed by atoms with E-state index in [9.17, 15) is 4.79 Å². The Morgan fingerprint density at radius 2 is 2.07 bits per heavy atom. The van der Waals surface area contributed by atoms with Crippen molar-refractivity contribution in [1.29, 1.82) is 0 Å². The minimum atomic E-state index is -0.461. The van der Waals surface area contributed by atoms with Crippen LogP contribution in [0.3, 0.4) is 0 Å². The van der Waals surface area contributed by atoms with Crippen molar-refractivity contribution < 1.29 is 14.3 Å². The van der Waals surface area contributed by atoms with Gasteiger partial charge in [0, 0.05) is 12.3 Å². The van der Waals surface area contributed by atoms with Crippen LogP contribution in [0.2, 0.25) is 10.0 Å². The fraction of sp³-hybridized carbons (Fsp3) is 0.409. The largest absolute Gasteiger partial charge is 0.376 e. The molecule has 1 heterocycles. The zero-order valence-electron chi connectivity index (χ0n) is 16.4. The lowest BCUT2D eigenvalue weighted by atomic mass is 10.1. The second-order valence-electron chi connectivity index (χ2n) is 7.16. The van der Waals surface area contributed by atoms with Crippen LogP contribution in [0, 0.1) is 0 Å². The highest BCUT2D eigenvalue weighted by molar-refractivity contribution is 6.44. The van der Waals surface area contributed by atoms with Crippen LogP contribution in [0.4, 0.5) is 11.4 Å². The van der Waals surface area contributed by atoms with E-state index in [0.717, 1.165) is 30.7 Å². The van der Waals surface area contributed by atoms with Crippen molar-refractivity contribution in [2.24, 2.45) is 0 Å². The highest BCUT2D eigenvalue weighted by Gasteiger charge is 2.16. The van der Waals surface area contributed by atoms with Gasteiger partial charge in [0.1, 0.15) is 6.04 Å². The standard InChI is InChI=1S/C22H26Cl2N2O3/c1-15(22(27)26-20-10-5-9-19(23)21(20)24)25-17-7-4-6-16(12-17)13-28-14-18-8-2-3-11-29-18/h4-7,9-10,12,15,18,25H,2-3,8,11,13-14H2,1H3,(H,26,27). The van der Waals surface area contributed by atoms with Gasteiger partial charge in [-0.15, -0.1) is 0 Å². The van der Waals surface area contributed by atoms with Gasteiger partial charge in [0.2, 0.25) is 5.91 Å². The van der Waals surface area contributed by atoms with E-state index >= 15 is 0 Å². The maximum absolute atomic E-state index is 12.5. The molecule has 2 aromatic carbocycles. The molecule has 2 N–H and O–H groups in total. The third-order valence-electron chi connectivity index (χ3n) is 4.76. The van der Waals surface area contributed by atoms with E-state index in [1.54, 1.807) is 25.1 Å². The molecule has 0 radical (unpaired) electrons. The number of benzene rings is 2. The Labute approximate surface area is 181 Å². The van der Waals surface area contributed by atoms with Gasteiger partial charge in [0.05, 0.1) is 35.1 Å². The van der Waals surface area contributed by atoms with Crippen LogP contribution in [-0.4, -0.2) is 31.3 Å². The zero-order valence-corrected chi connectivity index (χ0v) is 17.9. The topological polar surface area (TPSA) is 59.6 Å². The van der Waals surface area contributed by atoms with Crippen molar-refractivity contribution in [2.75, 3.05) is 23.8 Å². The van der Waals surface area contributed by atoms with Gasteiger partial charge in [-0.05, 0) is 56.0 Å². The van der Waals surface area contributed by atoms with Crippen molar-refractivity contribution in [1.82, 2.24) is 0 Å². The van der Waals surface area contributed by atoms with E-state index in [0.29, 0.717) is 28.9 Å². The Kier molecular flexibility index (Phi) is 8.19. The molecule has 1 fully saturated rings. The molecule has 3 rings (SSSR count). The van der Waals surface area contributed by atoms with Crippen LogP contribution < -0.4 is 10.6 Å². The Morgan fingerprint density at radius 1 is 1.24 bits per heavy atom. The Morgan fingerprint density at radius 3 is 2.86 bits per heavy atom. The zero-order chi connectivity index (χ0) is 20.6. The smallest absolute Gasteiger partial charge is 0.246 e. The van der Waals surface area contributed by atoms with Crippen LogP contribution in [-0.2, 0) is 20.9 Å². The second kappa shape index (κ2) is 10.8. The van der Waals surface area contributed by atoms with Crippen LogP contribution >= 0.6 is 23.2 Å². The Balaban J connectivity index is 1.50. The Hall–Kier alpha value is -1.79. The molecule has 1 aliphatic heterocycles. The van der Waals surface area contributed by atoms with E-state index in [4.69, 9.17) is 32.7 Å². The van der Waals surface area contributed by atoms with Gasteiger partial charge in [-0.2, -0.15) is 0 Å². The fourth-order valence-corrected chi connectivity index (χ4v) is 3.50. The number of anilines is 2. The summed E-state index contributed by atoms with van der Waals surface area (Å²) >= 11 is 12.1. The summed E-state index contributed by atoms with van der Waals surface area (Å²) in [5, 5.41) is 6.74. The molecular formula is C22H26Cl2N2O3. The van der Waals surface area contributed by atoms with Gasteiger partial charge in [0.25, 0.3) is 0 Å².